The van der Waals surface area contributed by atoms with Crippen LogP contribution in [0, 0.1) is 0 Å². The van der Waals surface area contributed by atoms with E-state index in [2.05, 4.69) is 81.4 Å². The van der Waals surface area contributed by atoms with Crippen LogP contribution >= 0.6 is 11.8 Å². The Hall–Kier alpha value is -1.07. The second kappa shape index (κ2) is 8.95. The predicted molar refractivity (Wildman–Crippen MR) is 120 cm³/mol. The van der Waals surface area contributed by atoms with Gasteiger partial charge in [0.1, 0.15) is 0 Å². The van der Waals surface area contributed by atoms with E-state index in [1.54, 1.807) is 0 Å². The van der Waals surface area contributed by atoms with Crippen molar-refractivity contribution in [2.45, 2.75) is 56.4 Å². The van der Waals surface area contributed by atoms with Crippen molar-refractivity contribution in [3.63, 3.8) is 0 Å². The summed E-state index contributed by atoms with van der Waals surface area (Å²) in [5, 5.41) is 13.3. The first-order valence-electron chi connectivity index (χ1n) is 10.00. The largest absolute Gasteiger partial charge is 0.407 e. The number of hydrogen-bond acceptors (Lipinski definition) is 3. The molecule has 0 unspecified atom stereocenters. The van der Waals surface area contributed by atoms with Gasteiger partial charge in [-0.15, -0.1) is 0 Å². The summed E-state index contributed by atoms with van der Waals surface area (Å²) in [7, 11) is -2.45. The van der Waals surface area contributed by atoms with Crippen LogP contribution < -0.4 is 10.4 Å². The summed E-state index contributed by atoms with van der Waals surface area (Å²) in [5.74, 6) is 1.15. The van der Waals surface area contributed by atoms with Crippen molar-refractivity contribution in [3.8, 4) is 0 Å². The van der Waals surface area contributed by atoms with Gasteiger partial charge in [-0.3, -0.25) is 0 Å². The van der Waals surface area contributed by atoms with E-state index in [-0.39, 0.29) is 11.1 Å². The highest BCUT2D eigenvalue weighted by molar-refractivity contribution is 8.00. The lowest BCUT2D eigenvalue weighted by Crippen LogP contribution is -2.66. The van der Waals surface area contributed by atoms with Crippen molar-refractivity contribution >= 4 is 30.5 Å². The number of rotatable bonds is 6. The summed E-state index contributed by atoms with van der Waals surface area (Å²) in [5.41, 5.74) is 0. The van der Waals surface area contributed by atoms with Gasteiger partial charge in [0.2, 0.25) is 0 Å². The summed E-state index contributed by atoms with van der Waals surface area (Å²) >= 11 is 1.91. The van der Waals surface area contributed by atoms with Crippen LogP contribution in [-0.4, -0.2) is 37.1 Å². The molecule has 2 nitrogen and oxygen atoms in total. The number of aliphatic hydroxyl groups is 1. The Morgan fingerprint density at radius 3 is 2.04 bits per heavy atom. The standard InChI is InChI=1S/C23H32O2SSi/c1-23(2,3)27(19-11-6-4-7-12-19,20-13-8-5-9-14-20)25-17-16-22-21(24)15-10-18-26-22/h4-9,11-14,21-22,24H,10,15-18H2,1-3H3/t21-,22+/m0/s1. The van der Waals surface area contributed by atoms with Crippen LogP contribution in [0.3, 0.4) is 0 Å². The van der Waals surface area contributed by atoms with Crippen LogP contribution in [0.4, 0.5) is 0 Å². The first kappa shape index (κ1) is 20.7. The molecule has 0 radical (unpaired) electrons. The average molecular weight is 401 g/mol. The molecule has 2 aromatic rings. The smallest absolute Gasteiger partial charge is 0.261 e. The van der Waals surface area contributed by atoms with Gasteiger partial charge in [0.05, 0.1) is 6.10 Å². The lowest BCUT2D eigenvalue weighted by molar-refractivity contribution is 0.144. The van der Waals surface area contributed by atoms with Crippen molar-refractivity contribution in [2.75, 3.05) is 12.4 Å². The fourth-order valence-corrected chi connectivity index (χ4v) is 10.0. The summed E-state index contributed by atoms with van der Waals surface area (Å²) in [4.78, 5) is 0. The third-order valence-corrected chi connectivity index (χ3v) is 12.1. The van der Waals surface area contributed by atoms with Gasteiger partial charge >= 0.3 is 0 Å². The van der Waals surface area contributed by atoms with Crippen molar-refractivity contribution in [1.82, 2.24) is 0 Å². The van der Waals surface area contributed by atoms with Crippen molar-refractivity contribution in [3.05, 3.63) is 60.7 Å². The van der Waals surface area contributed by atoms with Crippen LogP contribution in [0.1, 0.15) is 40.0 Å². The van der Waals surface area contributed by atoms with Gasteiger partial charge in [-0.2, -0.15) is 11.8 Å². The highest BCUT2D eigenvalue weighted by atomic mass is 32.2. The van der Waals surface area contributed by atoms with E-state index < -0.39 is 8.32 Å². The quantitative estimate of drug-likeness (QED) is 0.737. The van der Waals surface area contributed by atoms with Gasteiger partial charge in [-0.1, -0.05) is 81.4 Å². The molecule has 1 N–H and O–H groups in total. The van der Waals surface area contributed by atoms with Crippen LogP contribution in [0.5, 0.6) is 0 Å². The van der Waals surface area contributed by atoms with Crippen LogP contribution in [0.25, 0.3) is 0 Å². The molecule has 2 atom stereocenters. The Bertz CT molecular complexity index is 660. The molecule has 2 aromatic carbocycles. The van der Waals surface area contributed by atoms with Crippen LogP contribution in [0.15, 0.2) is 60.7 Å². The van der Waals surface area contributed by atoms with E-state index in [0.717, 1.165) is 25.0 Å². The molecule has 1 aliphatic rings. The molecule has 0 aromatic heterocycles. The highest BCUT2D eigenvalue weighted by Crippen LogP contribution is 2.37. The van der Waals surface area contributed by atoms with E-state index in [1.807, 2.05) is 11.8 Å². The van der Waals surface area contributed by atoms with Gasteiger partial charge in [0, 0.05) is 11.9 Å². The first-order valence-corrected chi connectivity index (χ1v) is 13.0. The molecule has 1 aliphatic heterocycles. The van der Waals surface area contributed by atoms with Gasteiger partial charge in [-0.05, 0) is 40.4 Å². The molecule has 0 aliphatic carbocycles. The van der Waals surface area contributed by atoms with Crippen LogP contribution in [-0.2, 0) is 4.43 Å². The van der Waals surface area contributed by atoms with Crippen molar-refractivity contribution in [2.24, 2.45) is 0 Å². The molecule has 1 fully saturated rings. The number of aliphatic hydroxyl groups excluding tert-OH is 1. The zero-order valence-corrected chi connectivity index (χ0v) is 18.5. The average Bonchev–Trinajstić information content (AvgIpc) is 2.67. The lowest BCUT2D eigenvalue weighted by atomic mass is 10.1. The Labute approximate surface area is 169 Å². The molecule has 1 heterocycles. The van der Waals surface area contributed by atoms with Crippen molar-refractivity contribution in [1.29, 1.82) is 0 Å². The monoisotopic (exact) mass is 400 g/mol. The minimum Gasteiger partial charge on any atom is -0.407 e. The zero-order valence-electron chi connectivity index (χ0n) is 16.7. The van der Waals surface area contributed by atoms with E-state index in [0.29, 0.717) is 11.9 Å². The maximum atomic E-state index is 10.3. The minimum atomic E-state index is -2.45. The van der Waals surface area contributed by atoms with Gasteiger partial charge in [0.15, 0.2) is 0 Å². The molecule has 0 bridgehead atoms. The van der Waals surface area contributed by atoms with Gasteiger partial charge in [-0.25, -0.2) is 0 Å². The Kier molecular flexibility index (Phi) is 6.85. The van der Waals surface area contributed by atoms with E-state index in [9.17, 15) is 5.11 Å². The maximum Gasteiger partial charge on any atom is 0.261 e. The SMILES string of the molecule is CC(C)(C)[Si](OCC[C@H]1SCCC[C@@H]1O)(c1ccccc1)c1ccccc1. The summed E-state index contributed by atoms with van der Waals surface area (Å²) in [6.07, 6.45) is 2.77. The molecule has 0 spiro atoms. The van der Waals surface area contributed by atoms with E-state index in [1.165, 1.54) is 10.4 Å². The zero-order chi connectivity index (χ0) is 19.3. The Balaban J connectivity index is 1.92. The fourth-order valence-electron chi connectivity index (χ4n) is 4.19. The third kappa shape index (κ3) is 4.51. The number of hydrogen-bond donors (Lipinski definition) is 1. The molecule has 0 amide bonds. The molecule has 27 heavy (non-hydrogen) atoms. The second-order valence-corrected chi connectivity index (χ2v) is 14.1. The van der Waals surface area contributed by atoms with E-state index in [4.69, 9.17) is 4.43 Å². The molecule has 3 rings (SSSR count). The molecule has 0 saturated carbocycles. The Morgan fingerprint density at radius 1 is 1.00 bits per heavy atom. The number of thioether (sulfide) groups is 1. The maximum absolute atomic E-state index is 10.3. The summed E-state index contributed by atoms with van der Waals surface area (Å²) in [6, 6.07) is 21.6. The molecular formula is C23H32O2SSi. The van der Waals surface area contributed by atoms with Gasteiger partial charge in [0.25, 0.3) is 8.32 Å². The molecule has 146 valence electrons. The predicted octanol–water partition coefficient (Wildman–Crippen LogP) is 4.21. The lowest BCUT2D eigenvalue weighted by Gasteiger charge is -2.43. The normalized spacial score (nSPS) is 21.2. The topological polar surface area (TPSA) is 29.5 Å². The Morgan fingerprint density at radius 2 is 1.56 bits per heavy atom. The molecule has 1 saturated heterocycles. The number of benzene rings is 2. The third-order valence-electron chi connectivity index (χ3n) is 5.54. The molecular weight excluding hydrogens is 368 g/mol. The fraction of sp³-hybridized carbons (Fsp3) is 0.478. The summed E-state index contributed by atoms with van der Waals surface area (Å²) < 4.78 is 6.93. The van der Waals surface area contributed by atoms with Crippen LogP contribution in [0.2, 0.25) is 5.04 Å². The van der Waals surface area contributed by atoms with E-state index >= 15 is 0 Å². The first-order chi connectivity index (χ1) is 12.9. The molecule has 4 heteroatoms. The second-order valence-electron chi connectivity index (χ2n) is 8.42. The highest BCUT2D eigenvalue weighted by Gasteiger charge is 2.50. The minimum absolute atomic E-state index is 0.00797. The van der Waals surface area contributed by atoms with Gasteiger partial charge < -0.3 is 9.53 Å². The summed E-state index contributed by atoms with van der Waals surface area (Å²) in [6.45, 7) is 7.62. The van der Waals surface area contributed by atoms with Crippen molar-refractivity contribution < 1.29 is 9.53 Å².